The van der Waals surface area contributed by atoms with Crippen molar-refractivity contribution >= 4 is 11.6 Å². The number of nitrogens with zero attached hydrogens (tertiary/aromatic N) is 1. The lowest BCUT2D eigenvalue weighted by Crippen LogP contribution is -2.29. The van der Waals surface area contributed by atoms with Crippen molar-refractivity contribution in [2.24, 2.45) is 0 Å². The number of amides is 1. The fourth-order valence-electron chi connectivity index (χ4n) is 3.24. The Labute approximate surface area is 163 Å². The quantitative estimate of drug-likeness (QED) is 0.833. The Morgan fingerprint density at radius 1 is 1.18 bits per heavy atom. The summed E-state index contributed by atoms with van der Waals surface area (Å²) >= 11 is 0. The smallest absolute Gasteiger partial charge is 0.256 e. The minimum absolute atomic E-state index is 0.0680. The molecule has 0 spiro atoms. The van der Waals surface area contributed by atoms with Crippen LogP contribution in [0.25, 0.3) is 11.1 Å². The molecule has 2 N–H and O–H groups in total. The molecular formula is C22H22N2O4. The zero-order valence-corrected chi connectivity index (χ0v) is 15.5. The number of carbonyl (C=O) groups excluding carboxylic acids is 1. The molecule has 1 saturated heterocycles. The van der Waals surface area contributed by atoms with Gasteiger partial charge in [-0.1, -0.05) is 18.2 Å². The van der Waals surface area contributed by atoms with Gasteiger partial charge in [0.05, 0.1) is 18.8 Å². The summed E-state index contributed by atoms with van der Waals surface area (Å²) in [7, 11) is 0. The second-order valence-electron chi connectivity index (χ2n) is 7.32. The van der Waals surface area contributed by atoms with E-state index in [0.29, 0.717) is 43.1 Å². The van der Waals surface area contributed by atoms with Crippen molar-refractivity contribution in [2.75, 3.05) is 18.5 Å². The molecule has 144 valence electrons. The van der Waals surface area contributed by atoms with Gasteiger partial charge in [0.25, 0.3) is 5.91 Å². The van der Waals surface area contributed by atoms with Crippen LogP contribution in [-0.4, -0.2) is 35.9 Å². The van der Waals surface area contributed by atoms with Crippen LogP contribution in [0.3, 0.4) is 0 Å². The summed E-state index contributed by atoms with van der Waals surface area (Å²) in [6.45, 7) is 1.36. The second-order valence-corrected chi connectivity index (χ2v) is 7.32. The lowest BCUT2D eigenvalue weighted by Gasteiger charge is -2.24. The van der Waals surface area contributed by atoms with E-state index < -0.39 is 5.60 Å². The maximum atomic E-state index is 12.0. The SMILES string of the molecule is N#Cc1cc(-c2cccc(NC(=O)C3(O)CC3)c2)ccc1OC1CCOCC1. The van der Waals surface area contributed by atoms with Crippen molar-refractivity contribution in [1.82, 2.24) is 0 Å². The van der Waals surface area contributed by atoms with Crippen molar-refractivity contribution in [1.29, 1.82) is 5.26 Å². The Hall–Kier alpha value is -2.88. The van der Waals surface area contributed by atoms with Crippen molar-refractivity contribution in [3.63, 3.8) is 0 Å². The van der Waals surface area contributed by atoms with Gasteiger partial charge in [-0.3, -0.25) is 4.79 Å². The van der Waals surface area contributed by atoms with Gasteiger partial charge in [-0.05, 0) is 48.2 Å². The molecule has 1 saturated carbocycles. The summed E-state index contributed by atoms with van der Waals surface area (Å²) in [6.07, 6.45) is 2.71. The highest BCUT2D eigenvalue weighted by Gasteiger charge is 2.48. The topological polar surface area (TPSA) is 91.6 Å². The Morgan fingerprint density at radius 3 is 2.64 bits per heavy atom. The van der Waals surface area contributed by atoms with Crippen LogP contribution in [0.15, 0.2) is 42.5 Å². The van der Waals surface area contributed by atoms with Crippen LogP contribution < -0.4 is 10.1 Å². The monoisotopic (exact) mass is 378 g/mol. The molecule has 6 heteroatoms. The van der Waals surface area contributed by atoms with E-state index in [4.69, 9.17) is 9.47 Å². The first-order chi connectivity index (χ1) is 13.6. The molecule has 0 aromatic heterocycles. The third-order valence-corrected chi connectivity index (χ3v) is 5.16. The Morgan fingerprint density at radius 2 is 1.93 bits per heavy atom. The van der Waals surface area contributed by atoms with Crippen LogP contribution in [0.2, 0.25) is 0 Å². The number of carbonyl (C=O) groups is 1. The fourth-order valence-corrected chi connectivity index (χ4v) is 3.24. The Balaban J connectivity index is 1.53. The molecule has 2 fully saturated rings. The third-order valence-electron chi connectivity index (χ3n) is 5.16. The van der Waals surface area contributed by atoms with Crippen LogP contribution in [0, 0.1) is 11.3 Å². The van der Waals surface area contributed by atoms with E-state index in [1.807, 2.05) is 30.3 Å². The molecule has 0 radical (unpaired) electrons. The summed E-state index contributed by atoms with van der Waals surface area (Å²) in [5.74, 6) is 0.209. The summed E-state index contributed by atoms with van der Waals surface area (Å²) in [5, 5.41) is 22.2. The highest BCUT2D eigenvalue weighted by atomic mass is 16.5. The predicted molar refractivity (Wildman–Crippen MR) is 104 cm³/mol. The predicted octanol–water partition coefficient (Wildman–Crippen LogP) is 3.25. The molecule has 4 rings (SSSR count). The number of rotatable bonds is 5. The summed E-state index contributed by atoms with van der Waals surface area (Å²) < 4.78 is 11.3. The van der Waals surface area contributed by atoms with Crippen molar-refractivity contribution < 1.29 is 19.4 Å². The van der Waals surface area contributed by atoms with E-state index in [1.165, 1.54) is 0 Å². The number of nitrogens with one attached hydrogen (secondary N) is 1. The standard InChI is InChI=1S/C22H22N2O4/c23-14-17-12-16(4-5-20(17)28-19-6-10-27-11-7-19)15-2-1-3-18(13-15)24-21(25)22(26)8-9-22/h1-5,12-13,19,26H,6-11H2,(H,24,25). The molecule has 28 heavy (non-hydrogen) atoms. The first-order valence-electron chi connectivity index (χ1n) is 9.50. The maximum absolute atomic E-state index is 12.0. The second kappa shape index (κ2) is 7.63. The van der Waals surface area contributed by atoms with E-state index in [0.717, 1.165) is 24.0 Å². The summed E-state index contributed by atoms with van der Waals surface area (Å²) in [4.78, 5) is 12.0. The van der Waals surface area contributed by atoms with Gasteiger partial charge in [-0.2, -0.15) is 5.26 Å². The lowest BCUT2D eigenvalue weighted by atomic mass is 10.0. The summed E-state index contributed by atoms with van der Waals surface area (Å²) in [6, 6.07) is 15.1. The van der Waals surface area contributed by atoms with Crippen molar-refractivity contribution in [3.8, 4) is 22.9 Å². The van der Waals surface area contributed by atoms with Crippen molar-refractivity contribution in [2.45, 2.75) is 37.4 Å². The number of hydrogen-bond acceptors (Lipinski definition) is 5. The molecule has 1 aliphatic carbocycles. The minimum atomic E-state index is -1.22. The van der Waals surface area contributed by atoms with Gasteiger partial charge in [-0.25, -0.2) is 0 Å². The number of hydrogen-bond donors (Lipinski definition) is 2. The molecule has 0 unspecified atom stereocenters. The molecule has 0 bridgehead atoms. The molecule has 2 aliphatic rings. The molecular weight excluding hydrogens is 356 g/mol. The Bertz CT molecular complexity index is 924. The van der Waals surface area contributed by atoms with Gasteiger partial charge in [0.1, 0.15) is 23.5 Å². The molecule has 1 heterocycles. The number of aliphatic hydroxyl groups is 1. The van der Waals surface area contributed by atoms with Gasteiger partial charge in [-0.15, -0.1) is 0 Å². The normalized spacial score (nSPS) is 18.1. The van der Waals surface area contributed by atoms with Crippen LogP contribution in [-0.2, 0) is 9.53 Å². The first kappa shape index (κ1) is 18.5. The van der Waals surface area contributed by atoms with Gasteiger partial charge < -0.3 is 19.9 Å². The molecule has 1 amide bonds. The number of benzene rings is 2. The van der Waals surface area contributed by atoms with Gasteiger partial charge >= 0.3 is 0 Å². The number of nitriles is 1. The van der Waals surface area contributed by atoms with Gasteiger partial charge in [0.15, 0.2) is 0 Å². The zero-order valence-electron chi connectivity index (χ0n) is 15.5. The highest BCUT2D eigenvalue weighted by Crippen LogP contribution is 2.36. The zero-order chi connectivity index (χ0) is 19.6. The van der Waals surface area contributed by atoms with Crippen LogP contribution in [0.1, 0.15) is 31.2 Å². The average molecular weight is 378 g/mol. The average Bonchev–Trinajstić information content (AvgIpc) is 3.48. The molecule has 2 aromatic carbocycles. The van der Waals surface area contributed by atoms with Crippen LogP contribution in [0.4, 0.5) is 5.69 Å². The number of ether oxygens (including phenoxy) is 2. The molecule has 1 aliphatic heterocycles. The van der Waals surface area contributed by atoms with E-state index in [2.05, 4.69) is 11.4 Å². The number of anilines is 1. The molecule has 6 nitrogen and oxygen atoms in total. The lowest BCUT2D eigenvalue weighted by molar-refractivity contribution is -0.125. The minimum Gasteiger partial charge on any atom is -0.489 e. The van der Waals surface area contributed by atoms with E-state index in [1.54, 1.807) is 12.1 Å². The maximum Gasteiger partial charge on any atom is 0.256 e. The Kier molecular flexibility index (Phi) is 5.03. The van der Waals surface area contributed by atoms with E-state index in [-0.39, 0.29) is 12.0 Å². The van der Waals surface area contributed by atoms with Crippen molar-refractivity contribution in [3.05, 3.63) is 48.0 Å². The first-order valence-corrected chi connectivity index (χ1v) is 9.50. The molecule has 2 aromatic rings. The van der Waals surface area contributed by atoms with Crippen LogP contribution in [0.5, 0.6) is 5.75 Å². The highest BCUT2D eigenvalue weighted by molar-refractivity contribution is 5.99. The summed E-state index contributed by atoms with van der Waals surface area (Å²) in [5.41, 5.74) is 1.61. The third kappa shape index (κ3) is 4.01. The largest absolute Gasteiger partial charge is 0.489 e. The molecule has 0 atom stereocenters. The van der Waals surface area contributed by atoms with E-state index in [9.17, 15) is 15.2 Å². The fraction of sp³-hybridized carbons (Fsp3) is 0.364. The van der Waals surface area contributed by atoms with E-state index >= 15 is 0 Å². The van der Waals surface area contributed by atoms with Gasteiger partial charge in [0, 0.05) is 18.5 Å². The van der Waals surface area contributed by atoms with Gasteiger partial charge in [0.2, 0.25) is 0 Å². The van der Waals surface area contributed by atoms with Crippen LogP contribution >= 0.6 is 0 Å².